The molecule has 1 aromatic heterocycles. The van der Waals surface area contributed by atoms with Crippen molar-refractivity contribution in [1.82, 2.24) is 25.7 Å². The van der Waals surface area contributed by atoms with Gasteiger partial charge in [0.25, 0.3) is 5.91 Å². The summed E-state index contributed by atoms with van der Waals surface area (Å²) in [5.41, 5.74) is 8.35. The molecule has 1 aromatic carbocycles. The van der Waals surface area contributed by atoms with E-state index in [1.165, 1.54) is 6.92 Å². The van der Waals surface area contributed by atoms with Crippen molar-refractivity contribution < 1.29 is 14.4 Å². The fourth-order valence-corrected chi connectivity index (χ4v) is 3.12. The monoisotopic (exact) mass is 369 g/mol. The van der Waals surface area contributed by atoms with Gasteiger partial charge in [0.1, 0.15) is 0 Å². The van der Waals surface area contributed by atoms with Crippen LogP contribution < -0.4 is 10.9 Å². The number of aromatic nitrogens is 2. The SMILES string of the molecule is CC(=O)N1CCC(C(=O)NNC(=O)c2ccc3nc(C)c(C)nc3c2)CC1. The molecule has 0 atom stereocenters. The Morgan fingerprint density at radius 1 is 1.00 bits per heavy atom. The lowest BCUT2D eigenvalue weighted by Crippen LogP contribution is -2.48. The summed E-state index contributed by atoms with van der Waals surface area (Å²) < 4.78 is 0. The van der Waals surface area contributed by atoms with Crippen LogP contribution in [0.1, 0.15) is 41.5 Å². The van der Waals surface area contributed by atoms with Gasteiger partial charge in [-0.3, -0.25) is 25.2 Å². The predicted octanol–water partition coefficient (Wildman–Crippen LogP) is 1.27. The molecule has 0 radical (unpaired) electrons. The van der Waals surface area contributed by atoms with Crippen molar-refractivity contribution in [2.24, 2.45) is 5.92 Å². The van der Waals surface area contributed by atoms with Gasteiger partial charge in [-0.25, -0.2) is 9.97 Å². The number of benzene rings is 1. The van der Waals surface area contributed by atoms with Crippen LogP contribution in [0.25, 0.3) is 11.0 Å². The maximum Gasteiger partial charge on any atom is 0.269 e. The second kappa shape index (κ2) is 7.69. The Kier molecular flexibility index (Phi) is 5.34. The number of fused-ring (bicyclic) bond motifs is 1. The summed E-state index contributed by atoms with van der Waals surface area (Å²) in [6.07, 6.45) is 1.18. The highest BCUT2D eigenvalue weighted by Crippen LogP contribution is 2.17. The highest BCUT2D eigenvalue weighted by Gasteiger charge is 2.26. The van der Waals surface area contributed by atoms with E-state index in [4.69, 9.17) is 0 Å². The zero-order valence-electron chi connectivity index (χ0n) is 15.7. The number of hydrogen-bond acceptors (Lipinski definition) is 5. The fourth-order valence-electron chi connectivity index (χ4n) is 3.12. The summed E-state index contributed by atoms with van der Waals surface area (Å²) in [5.74, 6) is -0.842. The first kappa shape index (κ1) is 18.8. The van der Waals surface area contributed by atoms with Crippen molar-refractivity contribution in [3.8, 4) is 0 Å². The van der Waals surface area contributed by atoms with Gasteiger partial charge >= 0.3 is 0 Å². The minimum atomic E-state index is -0.411. The molecule has 0 unspecified atom stereocenters. The third kappa shape index (κ3) is 4.21. The third-order valence-corrected chi connectivity index (χ3v) is 4.95. The molecule has 0 aliphatic carbocycles. The van der Waals surface area contributed by atoms with E-state index in [-0.39, 0.29) is 17.7 Å². The van der Waals surface area contributed by atoms with Crippen LogP contribution in [0, 0.1) is 19.8 Å². The van der Waals surface area contributed by atoms with E-state index in [1.807, 2.05) is 13.8 Å². The summed E-state index contributed by atoms with van der Waals surface area (Å²) >= 11 is 0. The van der Waals surface area contributed by atoms with E-state index in [9.17, 15) is 14.4 Å². The standard InChI is InChI=1S/C19H23N5O3/c1-11-12(2)21-17-10-15(4-5-16(17)20-11)19(27)23-22-18(26)14-6-8-24(9-7-14)13(3)25/h4-5,10,14H,6-9H2,1-3H3,(H,22,26)(H,23,27). The van der Waals surface area contributed by atoms with Crippen molar-refractivity contribution in [1.29, 1.82) is 0 Å². The molecule has 1 saturated heterocycles. The number of amides is 3. The third-order valence-electron chi connectivity index (χ3n) is 4.95. The summed E-state index contributed by atoms with van der Waals surface area (Å²) in [4.78, 5) is 46.5. The molecule has 2 heterocycles. The van der Waals surface area contributed by atoms with Crippen molar-refractivity contribution in [3.63, 3.8) is 0 Å². The lowest BCUT2D eigenvalue weighted by molar-refractivity contribution is -0.134. The van der Waals surface area contributed by atoms with Crippen LogP contribution in [-0.2, 0) is 9.59 Å². The number of hydrogen-bond donors (Lipinski definition) is 2. The van der Waals surface area contributed by atoms with Crippen molar-refractivity contribution in [2.75, 3.05) is 13.1 Å². The molecular weight excluding hydrogens is 346 g/mol. The van der Waals surface area contributed by atoms with Gasteiger partial charge < -0.3 is 4.90 Å². The number of carbonyl (C=O) groups excluding carboxylic acids is 3. The highest BCUT2D eigenvalue weighted by molar-refractivity contribution is 5.98. The largest absolute Gasteiger partial charge is 0.343 e. The van der Waals surface area contributed by atoms with E-state index in [0.29, 0.717) is 37.0 Å². The average Bonchev–Trinajstić information content (AvgIpc) is 2.66. The Labute approximate surface area is 157 Å². The van der Waals surface area contributed by atoms with Gasteiger partial charge in [0, 0.05) is 31.5 Å². The van der Waals surface area contributed by atoms with Gasteiger partial charge in [0.2, 0.25) is 11.8 Å². The quantitative estimate of drug-likeness (QED) is 0.776. The summed E-state index contributed by atoms with van der Waals surface area (Å²) in [5, 5.41) is 0. The molecule has 27 heavy (non-hydrogen) atoms. The van der Waals surface area contributed by atoms with Gasteiger partial charge in [-0.1, -0.05) is 0 Å². The predicted molar refractivity (Wildman–Crippen MR) is 99.6 cm³/mol. The summed E-state index contributed by atoms with van der Waals surface area (Å²) in [6, 6.07) is 5.04. The zero-order chi connectivity index (χ0) is 19.6. The zero-order valence-corrected chi connectivity index (χ0v) is 15.7. The number of carbonyl (C=O) groups is 3. The molecule has 1 aliphatic rings. The van der Waals surface area contributed by atoms with Crippen LogP contribution in [-0.4, -0.2) is 45.7 Å². The van der Waals surface area contributed by atoms with Crippen LogP contribution in [0.2, 0.25) is 0 Å². The lowest BCUT2D eigenvalue weighted by atomic mass is 9.96. The molecule has 3 amide bonds. The molecular formula is C19H23N5O3. The van der Waals surface area contributed by atoms with Crippen LogP contribution in [0.3, 0.4) is 0 Å². The molecule has 2 N–H and O–H groups in total. The molecule has 3 rings (SSSR count). The molecule has 142 valence electrons. The first-order chi connectivity index (χ1) is 12.8. The Bertz CT molecular complexity index is 904. The maximum atomic E-state index is 12.3. The molecule has 8 nitrogen and oxygen atoms in total. The van der Waals surface area contributed by atoms with Gasteiger partial charge in [0.05, 0.1) is 22.4 Å². The number of nitrogens with one attached hydrogen (secondary N) is 2. The lowest BCUT2D eigenvalue weighted by Gasteiger charge is -2.30. The van der Waals surface area contributed by atoms with E-state index < -0.39 is 5.91 Å². The Morgan fingerprint density at radius 3 is 2.26 bits per heavy atom. The molecule has 1 aliphatic heterocycles. The van der Waals surface area contributed by atoms with Gasteiger partial charge in [-0.2, -0.15) is 0 Å². The summed E-state index contributed by atoms with van der Waals surface area (Å²) in [6.45, 7) is 6.40. The van der Waals surface area contributed by atoms with Gasteiger partial charge in [-0.05, 0) is 44.9 Å². The highest BCUT2D eigenvalue weighted by atomic mass is 16.2. The van der Waals surface area contributed by atoms with E-state index >= 15 is 0 Å². The Morgan fingerprint density at radius 2 is 1.63 bits per heavy atom. The molecule has 0 saturated carbocycles. The van der Waals surface area contributed by atoms with Crippen molar-refractivity contribution in [2.45, 2.75) is 33.6 Å². The second-order valence-corrected chi connectivity index (χ2v) is 6.82. The van der Waals surface area contributed by atoms with E-state index in [1.54, 1.807) is 23.1 Å². The molecule has 2 aromatic rings. The van der Waals surface area contributed by atoms with E-state index in [0.717, 1.165) is 16.9 Å². The van der Waals surface area contributed by atoms with Crippen LogP contribution >= 0.6 is 0 Å². The Balaban J connectivity index is 1.59. The van der Waals surface area contributed by atoms with Crippen molar-refractivity contribution in [3.05, 3.63) is 35.2 Å². The molecule has 0 spiro atoms. The van der Waals surface area contributed by atoms with Gasteiger partial charge in [-0.15, -0.1) is 0 Å². The first-order valence-electron chi connectivity index (χ1n) is 8.96. The molecule has 1 fully saturated rings. The van der Waals surface area contributed by atoms with Crippen molar-refractivity contribution >= 4 is 28.8 Å². The fraction of sp³-hybridized carbons (Fsp3) is 0.421. The minimum absolute atomic E-state index is 0.0204. The Hall–Kier alpha value is -3.03. The second-order valence-electron chi connectivity index (χ2n) is 6.82. The van der Waals surface area contributed by atoms with Crippen LogP contribution in [0.15, 0.2) is 18.2 Å². The maximum absolute atomic E-state index is 12.3. The minimum Gasteiger partial charge on any atom is -0.343 e. The average molecular weight is 369 g/mol. The smallest absolute Gasteiger partial charge is 0.269 e. The number of aryl methyl sites for hydroxylation is 2. The number of likely N-dealkylation sites (tertiary alicyclic amines) is 1. The summed E-state index contributed by atoms with van der Waals surface area (Å²) in [7, 11) is 0. The first-order valence-corrected chi connectivity index (χ1v) is 8.96. The number of hydrazine groups is 1. The molecule has 0 bridgehead atoms. The topological polar surface area (TPSA) is 104 Å². The van der Waals surface area contributed by atoms with Crippen LogP contribution in [0.5, 0.6) is 0 Å². The molecule has 8 heteroatoms. The number of nitrogens with zero attached hydrogens (tertiary/aromatic N) is 3. The van der Waals surface area contributed by atoms with E-state index in [2.05, 4.69) is 20.8 Å². The number of piperidine rings is 1. The van der Waals surface area contributed by atoms with Crippen LogP contribution in [0.4, 0.5) is 0 Å². The van der Waals surface area contributed by atoms with Gasteiger partial charge in [0.15, 0.2) is 0 Å². The normalized spacial score (nSPS) is 14.9. The number of rotatable bonds is 2.